The number of aromatic nitrogens is 1. The Morgan fingerprint density at radius 3 is 3.08 bits per heavy atom. The van der Waals surface area contributed by atoms with E-state index in [0.717, 1.165) is 12.4 Å². The second-order valence-electron chi connectivity index (χ2n) is 3.36. The number of nitrogens with one attached hydrogen (secondary N) is 3. The molecule has 1 heterocycles. The first-order valence-corrected chi connectivity index (χ1v) is 4.65. The topological polar surface area (TPSA) is 39.9 Å². The van der Waals surface area contributed by atoms with Crippen LogP contribution in [0.15, 0.2) is 24.0 Å². The minimum Gasteiger partial charge on any atom is -0.348 e. The highest BCUT2D eigenvalue weighted by Crippen LogP contribution is 2.27. The molecule has 0 aromatic carbocycles. The van der Waals surface area contributed by atoms with E-state index >= 15 is 0 Å². The average Bonchev–Trinajstić information content (AvgIpc) is 2.86. The maximum atomic E-state index is 3.28. The summed E-state index contributed by atoms with van der Waals surface area (Å²) in [6, 6.07) is 2.09. The van der Waals surface area contributed by atoms with Crippen molar-refractivity contribution in [2.24, 2.45) is 0 Å². The third kappa shape index (κ3) is 2.12. The van der Waals surface area contributed by atoms with Gasteiger partial charge in [-0.15, -0.1) is 0 Å². The molecule has 3 N–H and O–H groups in total. The lowest BCUT2D eigenvalue weighted by Gasteiger charge is -2.02. The van der Waals surface area contributed by atoms with Gasteiger partial charge in [0.15, 0.2) is 0 Å². The molecule has 0 amide bonds. The van der Waals surface area contributed by atoms with Crippen molar-refractivity contribution in [3.8, 4) is 0 Å². The number of anilines is 1. The fourth-order valence-electron chi connectivity index (χ4n) is 1.26. The van der Waals surface area contributed by atoms with E-state index in [2.05, 4.69) is 27.9 Å². The molecule has 13 heavy (non-hydrogen) atoms. The molecule has 1 aromatic heterocycles. The summed E-state index contributed by atoms with van der Waals surface area (Å²) in [5.41, 5.74) is 2.78. The third-order valence-electron chi connectivity index (χ3n) is 2.16. The summed E-state index contributed by atoms with van der Waals surface area (Å²) in [5.74, 6) is 1.11. The molecular formula is C10H15N3. The molecule has 1 fully saturated rings. The van der Waals surface area contributed by atoms with Gasteiger partial charge < -0.3 is 15.6 Å². The van der Waals surface area contributed by atoms with Crippen molar-refractivity contribution in [2.45, 2.75) is 19.4 Å². The van der Waals surface area contributed by atoms with Crippen LogP contribution < -0.4 is 10.6 Å². The molecule has 0 unspecified atom stereocenters. The Balaban J connectivity index is 2.00. The van der Waals surface area contributed by atoms with Gasteiger partial charge in [0.25, 0.3) is 0 Å². The van der Waals surface area contributed by atoms with Gasteiger partial charge in [-0.3, -0.25) is 0 Å². The van der Waals surface area contributed by atoms with Gasteiger partial charge in [0.1, 0.15) is 5.82 Å². The van der Waals surface area contributed by atoms with Crippen molar-refractivity contribution in [3.63, 3.8) is 0 Å². The van der Waals surface area contributed by atoms with Crippen LogP contribution in [0.25, 0.3) is 0 Å². The summed E-state index contributed by atoms with van der Waals surface area (Å²) in [6.45, 7) is 0.898. The molecule has 3 heteroatoms. The zero-order valence-corrected chi connectivity index (χ0v) is 7.85. The fraction of sp³-hybridized carbons (Fsp3) is 0.400. The molecule has 3 nitrogen and oxygen atoms in total. The van der Waals surface area contributed by atoms with Gasteiger partial charge >= 0.3 is 0 Å². The predicted octanol–water partition coefficient (Wildman–Crippen LogP) is 1.82. The Morgan fingerprint density at radius 1 is 1.54 bits per heavy atom. The van der Waals surface area contributed by atoms with Crippen LogP contribution >= 0.6 is 0 Å². The van der Waals surface area contributed by atoms with Crippen molar-refractivity contribution in [1.82, 2.24) is 10.3 Å². The molecule has 1 aliphatic carbocycles. The normalized spacial score (nSPS) is 14.4. The SMILES string of the molecule is CNCc1cc[nH]c1NC=C1CC1. The maximum absolute atomic E-state index is 3.28. The molecule has 2 rings (SSSR count). The van der Waals surface area contributed by atoms with Gasteiger partial charge in [0.2, 0.25) is 0 Å². The number of H-pyrrole nitrogens is 1. The zero-order valence-electron chi connectivity index (χ0n) is 7.85. The Morgan fingerprint density at radius 2 is 2.38 bits per heavy atom. The maximum Gasteiger partial charge on any atom is 0.111 e. The molecule has 0 radical (unpaired) electrons. The van der Waals surface area contributed by atoms with E-state index in [1.54, 1.807) is 0 Å². The Bertz CT molecular complexity index is 306. The van der Waals surface area contributed by atoms with E-state index in [1.807, 2.05) is 13.2 Å². The quantitative estimate of drug-likeness (QED) is 0.656. The summed E-state index contributed by atoms with van der Waals surface area (Å²) in [5, 5.41) is 6.42. The van der Waals surface area contributed by atoms with Crippen LogP contribution in [0.4, 0.5) is 5.82 Å². The second-order valence-corrected chi connectivity index (χ2v) is 3.36. The van der Waals surface area contributed by atoms with Crippen molar-refractivity contribution in [3.05, 3.63) is 29.6 Å². The van der Waals surface area contributed by atoms with Crippen LogP contribution in [0, 0.1) is 0 Å². The lowest BCUT2D eigenvalue weighted by atomic mass is 10.3. The smallest absolute Gasteiger partial charge is 0.111 e. The zero-order chi connectivity index (χ0) is 9.10. The Kier molecular flexibility index (Phi) is 2.36. The van der Waals surface area contributed by atoms with Crippen LogP contribution in [0.1, 0.15) is 18.4 Å². The first-order valence-electron chi connectivity index (χ1n) is 4.65. The van der Waals surface area contributed by atoms with Crippen LogP contribution in [0.3, 0.4) is 0 Å². The van der Waals surface area contributed by atoms with Gasteiger partial charge in [-0.05, 0) is 26.0 Å². The molecule has 0 aliphatic heterocycles. The number of rotatable bonds is 4. The second kappa shape index (κ2) is 3.66. The monoisotopic (exact) mass is 177 g/mol. The highest BCUT2D eigenvalue weighted by atomic mass is 15.0. The Labute approximate surface area is 78.2 Å². The molecule has 1 aliphatic rings. The lowest BCUT2D eigenvalue weighted by Crippen LogP contribution is -2.06. The molecule has 1 aromatic rings. The van der Waals surface area contributed by atoms with Crippen molar-refractivity contribution in [1.29, 1.82) is 0 Å². The van der Waals surface area contributed by atoms with Gasteiger partial charge in [-0.2, -0.15) is 0 Å². The van der Waals surface area contributed by atoms with E-state index in [1.165, 1.54) is 24.0 Å². The largest absolute Gasteiger partial charge is 0.348 e. The van der Waals surface area contributed by atoms with Gasteiger partial charge in [0, 0.05) is 24.5 Å². The average molecular weight is 177 g/mol. The minimum absolute atomic E-state index is 0.898. The van der Waals surface area contributed by atoms with E-state index in [0.29, 0.717) is 0 Å². The van der Waals surface area contributed by atoms with Gasteiger partial charge in [-0.1, -0.05) is 5.57 Å². The summed E-state index contributed by atoms with van der Waals surface area (Å²) < 4.78 is 0. The van der Waals surface area contributed by atoms with Gasteiger partial charge in [-0.25, -0.2) is 0 Å². The minimum atomic E-state index is 0.898. The summed E-state index contributed by atoms with van der Waals surface area (Å²) >= 11 is 0. The van der Waals surface area contributed by atoms with E-state index < -0.39 is 0 Å². The molecule has 0 spiro atoms. The van der Waals surface area contributed by atoms with Crippen LogP contribution in [-0.4, -0.2) is 12.0 Å². The molecule has 1 saturated carbocycles. The number of hydrogen-bond donors (Lipinski definition) is 3. The predicted molar refractivity (Wildman–Crippen MR) is 54.5 cm³/mol. The summed E-state index contributed by atoms with van der Waals surface area (Å²) in [4.78, 5) is 3.18. The van der Waals surface area contributed by atoms with E-state index in [4.69, 9.17) is 0 Å². The standard InChI is InChI=1S/C10H15N3/c1-11-7-9-4-5-12-10(9)13-6-8-2-3-8/h4-6,11-13H,2-3,7H2,1H3. The number of aromatic amines is 1. The van der Waals surface area contributed by atoms with Crippen LogP contribution in [0.5, 0.6) is 0 Å². The van der Waals surface area contributed by atoms with Crippen molar-refractivity contribution >= 4 is 5.82 Å². The van der Waals surface area contributed by atoms with Gasteiger partial charge in [0.05, 0.1) is 0 Å². The number of hydrogen-bond acceptors (Lipinski definition) is 2. The lowest BCUT2D eigenvalue weighted by molar-refractivity contribution is 0.820. The fourth-order valence-corrected chi connectivity index (χ4v) is 1.26. The van der Waals surface area contributed by atoms with Crippen LogP contribution in [0.2, 0.25) is 0 Å². The molecule has 0 saturated heterocycles. The highest BCUT2D eigenvalue weighted by Gasteiger charge is 2.10. The highest BCUT2D eigenvalue weighted by molar-refractivity contribution is 5.48. The van der Waals surface area contributed by atoms with Crippen molar-refractivity contribution < 1.29 is 0 Å². The van der Waals surface area contributed by atoms with E-state index in [9.17, 15) is 0 Å². The molecule has 0 bridgehead atoms. The molecule has 70 valence electrons. The van der Waals surface area contributed by atoms with Crippen molar-refractivity contribution in [2.75, 3.05) is 12.4 Å². The van der Waals surface area contributed by atoms with Crippen LogP contribution in [-0.2, 0) is 6.54 Å². The summed E-state index contributed by atoms with van der Waals surface area (Å²) in [7, 11) is 1.95. The third-order valence-corrected chi connectivity index (χ3v) is 2.16. The molecule has 0 atom stereocenters. The first-order chi connectivity index (χ1) is 6.40. The first kappa shape index (κ1) is 8.38. The van der Waals surface area contributed by atoms with E-state index in [-0.39, 0.29) is 0 Å². The molecular weight excluding hydrogens is 162 g/mol. The summed E-state index contributed by atoms with van der Waals surface area (Å²) in [6.07, 6.45) is 6.58. The number of allylic oxidation sites excluding steroid dienone is 1. The Hall–Kier alpha value is -1.22.